The topological polar surface area (TPSA) is 66.9 Å². The summed E-state index contributed by atoms with van der Waals surface area (Å²) in [5.74, 6) is 0.500. The number of nitrogens with zero attached hydrogens (tertiary/aromatic N) is 2. The molecule has 1 aliphatic heterocycles. The maximum atomic E-state index is 13.0. The van der Waals surface area contributed by atoms with Crippen LogP contribution in [0.4, 0.5) is 13.2 Å². The van der Waals surface area contributed by atoms with Gasteiger partial charge in [0.15, 0.2) is 0 Å². The van der Waals surface area contributed by atoms with Crippen LogP contribution in [0.15, 0.2) is 53.4 Å². The molecular formula is C24H29F3N2O4S. The van der Waals surface area contributed by atoms with Gasteiger partial charge in [-0.05, 0) is 41.3 Å². The summed E-state index contributed by atoms with van der Waals surface area (Å²) in [5, 5.41) is 0. The maximum Gasteiger partial charge on any atom is 0.416 e. The third-order valence-electron chi connectivity index (χ3n) is 5.70. The summed E-state index contributed by atoms with van der Waals surface area (Å²) < 4.78 is 71.2. The van der Waals surface area contributed by atoms with Crippen molar-refractivity contribution in [3.05, 3.63) is 59.7 Å². The molecule has 0 saturated carbocycles. The van der Waals surface area contributed by atoms with E-state index in [9.17, 15) is 26.4 Å². The Morgan fingerprint density at radius 1 is 0.941 bits per heavy atom. The smallest absolute Gasteiger partial charge is 0.416 e. The summed E-state index contributed by atoms with van der Waals surface area (Å²) in [4.78, 5) is 13.6. The van der Waals surface area contributed by atoms with Crippen LogP contribution < -0.4 is 4.74 Å². The van der Waals surface area contributed by atoms with E-state index in [1.165, 1.54) is 5.56 Å². The Labute approximate surface area is 198 Å². The van der Waals surface area contributed by atoms with E-state index in [-0.39, 0.29) is 50.5 Å². The van der Waals surface area contributed by atoms with Gasteiger partial charge in [-0.15, -0.1) is 0 Å². The fourth-order valence-electron chi connectivity index (χ4n) is 3.63. The summed E-state index contributed by atoms with van der Waals surface area (Å²) in [6.45, 7) is 6.90. The van der Waals surface area contributed by atoms with Gasteiger partial charge in [0.25, 0.3) is 0 Å². The highest BCUT2D eigenvalue weighted by molar-refractivity contribution is 7.89. The van der Waals surface area contributed by atoms with E-state index in [1.54, 1.807) is 4.90 Å². The zero-order valence-electron chi connectivity index (χ0n) is 19.4. The molecule has 1 saturated heterocycles. The minimum absolute atomic E-state index is 0.0133. The van der Waals surface area contributed by atoms with E-state index in [4.69, 9.17) is 4.74 Å². The van der Waals surface area contributed by atoms with Crippen molar-refractivity contribution in [3.8, 4) is 5.75 Å². The van der Waals surface area contributed by atoms with Crippen LogP contribution in [0, 0.1) is 0 Å². The van der Waals surface area contributed by atoms with Gasteiger partial charge >= 0.3 is 6.18 Å². The van der Waals surface area contributed by atoms with E-state index in [2.05, 4.69) is 20.8 Å². The van der Waals surface area contributed by atoms with Crippen molar-refractivity contribution in [2.75, 3.05) is 32.8 Å². The molecule has 0 spiro atoms. The number of amides is 1. The first-order chi connectivity index (χ1) is 15.8. The summed E-state index contributed by atoms with van der Waals surface area (Å²) in [5.41, 5.74) is 0.190. The van der Waals surface area contributed by atoms with E-state index in [0.717, 1.165) is 22.5 Å². The lowest BCUT2D eigenvalue weighted by Crippen LogP contribution is -2.50. The van der Waals surface area contributed by atoms with Crippen LogP contribution in [0.1, 0.15) is 38.3 Å². The van der Waals surface area contributed by atoms with Crippen molar-refractivity contribution < 1.29 is 31.1 Å². The predicted molar refractivity (Wildman–Crippen MR) is 122 cm³/mol. The highest BCUT2D eigenvalue weighted by atomic mass is 32.2. The number of ether oxygens (including phenoxy) is 1. The van der Waals surface area contributed by atoms with Crippen LogP contribution in [0.25, 0.3) is 0 Å². The summed E-state index contributed by atoms with van der Waals surface area (Å²) >= 11 is 0. The van der Waals surface area contributed by atoms with Gasteiger partial charge in [0, 0.05) is 26.2 Å². The molecule has 0 aliphatic carbocycles. The van der Waals surface area contributed by atoms with Crippen molar-refractivity contribution in [1.29, 1.82) is 0 Å². The Morgan fingerprint density at radius 2 is 1.56 bits per heavy atom. The van der Waals surface area contributed by atoms with Gasteiger partial charge in [-0.25, -0.2) is 8.42 Å². The Bertz CT molecular complexity index is 1100. The van der Waals surface area contributed by atoms with Gasteiger partial charge in [-0.3, -0.25) is 4.79 Å². The number of hydrogen-bond donors (Lipinski definition) is 0. The fraction of sp³-hybridized carbons (Fsp3) is 0.458. The summed E-state index contributed by atoms with van der Waals surface area (Å²) in [6, 6.07) is 11.4. The average molecular weight is 499 g/mol. The van der Waals surface area contributed by atoms with Gasteiger partial charge < -0.3 is 9.64 Å². The highest BCUT2D eigenvalue weighted by Crippen LogP contribution is 2.31. The zero-order chi connectivity index (χ0) is 25.1. The van der Waals surface area contributed by atoms with Crippen LogP contribution >= 0.6 is 0 Å². The average Bonchev–Trinajstić information content (AvgIpc) is 2.78. The molecule has 186 valence electrons. The molecule has 34 heavy (non-hydrogen) atoms. The summed E-state index contributed by atoms with van der Waals surface area (Å²) in [6.07, 6.45) is -4.49. The van der Waals surface area contributed by atoms with E-state index in [0.29, 0.717) is 11.8 Å². The van der Waals surface area contributed by atoms with Gasteiger partial charge in [-0.2, -0.15) is 17.5 Å². The number of piperazine rings is 1. The molecule has 6 nitrogen and oxygen atoms in total. The van der Waals surface area contributed by atoms with Crippen molar-refractivity contribution >= 4 is 15.9 Å². The maximum absolute atomic E-state index is 13.0. The first-order valence-corrected chi connectivity index (χ1v) is 12.4. The lowest BCUT2D eigenvalue weighted by molar-refractivity contribution is -0.137. The fourth-order valence-corrected chi connectivity index (χ4v) is 5.09. The molecule has 10 heteroatoms. The largest absolute Gasteiger partial charge is 0.493 e. The Hall–Kier alpha value is -2.59. The first-order valence-electron chi connectivity index (χ1n) is 11.0. The number of benzene rings is 2. The number of carbonyl (C=O) groups is 1. The third kappa shape index (κ3) is 6.29. The second-order valence-electron chi connectivity index (χ2n) is 9.18. The number of sulfonamides is 1. The molecule has 0 radical (unpaired) electrons. The molecular weight excluding hydrogens is 469 g/mol. The molecule has 1 fully saturated rings. The standard InChI is InChI=1S/C24H29F3N2O4S/c1-23(2,3)18-7-9-20(10-8-18)33-16-11-22(30)28-12-14-29(15-13-28)34(31,32)21-6-4-5-19(17-21)24(25,26)27/h4-10,17H,11-16H2,1-3H3. The number of alkyl halides is 3. The van der Waals surface area contributed by atoms with E-state index < -0.39 is 26.7 Å². The van der Waals surface area contributed by atoms with E-state index in [1.807, 2.05) is 24.3 Å². The molecule has 0 aromatic heterocycles. The van der Waals surface area contributed by atoms with Crippen molar-refractivity contribution in [1.82, 2.24) is 9.21 Å². The minimum atomic E-state index is -4.63. The monoisotopic (exact) mass is 498 g/mol. The van der Waals surface area contributed by atoms with Crippen LogP contribution in [0.5, 0.6) is 5.75 Å². The van der Waals surface area contributed by atoms with Crippen molar-refractivity contribution in [2.45, 2.75) is 43.7 Å². The van der Waals surface area contributed by atoms with Crippen LogP contribution in [-0.2, 0) is 26.4 Å². The number of hydrogen-bond acceptors (Lipinski definition) is 4. The van der Waals surface area contributed by atoms with Crippen LogP contribution in [0.3, 0.4) is 0 Å². The second kappa shape index (κ2) is 9.95. The van der Waals surface area contributed by atoms with Crippen molar-refractivity contribution in [2.24, 2.45) is 0 Å². The Morgan fingerprint density at radius 3 is 2.12 bits per heavy atom. The molecule has 0 bridgehead atoms. The molecule has 0 atom stereocenters. The molecule has 2 aromatic carbocycles. The van der Waals surface area contributed by atoms with E-state index >= 15 is 0 Å². The molecule has 1 heterocycles. The second-order valence-corrected chi connectivity index (χ2v) is 11.1. The lowest BCUT2D eigenvalue weighted by atomic mass is 9.87. The van der Waals surface area contributed by atoms with Gasteiger partial charge in [0.2, 0.25) is 15.9 Å². The first kappa shape index (κ1) is 26.0. The summed E-state index contributed by atoms with van der Waals surface area (Å²) in [7, 11) is -4.09. The van der Waals surface area contributed by atoms with Crippen molar-refractivity contribution in [3.63, 3.8) is 0 Å². The Kier molecular flexibility index (Phi) is 7.62. The Balaban J connectivity index is 1.51. The van der Waals surface area contributed by atoms with Gasteiger partial charge in [0.1, 0.15) is 5.75 Å². The molecule has 1 amide bonds. The molecule has 0 unspecified atom stereocenters. The lowest BCUT2D eigenvalue weighted by Gasteiger charge is -2.34. The molecule has 1 aliphatic rings. The normalized spacial score (nSPS) is 15.9. The highest BCUT2D eigenvalue weighted by Gasteiger charge is 2.34. The molecule has 0 N–H and O–H groups in total. The predicted octanol–water partition coefficient (Wildman–Crippen LogP) is 4.30. The zero-order valence-corrected chi connectivity index (χ0v) is 20.2. The number of halogens is 3. The number of carbonyl (C=O) groups excluding carboxylic acids is 1. The SMILES string of the molecule is CC(C)(C)c1ccc(OCCC(=O)N2CCN(S(=O)(=O)c3cccc(C(F)(F)F)c3)CC2)cc1. The van der Waals surface area contributed by atoms with Gasteiger partial charge in [-0.1, -0.05) is 39.0 Å². The molecule has 3 rings (SSSR count). The third-order valence-corrected chi connectivity index (χ3v) is 7.59. The minimum Gasteiger partial charge on any atom is -0.493 e. The van der Waals surface area contributed by atoms with Crippen LogP contribution in [-0.4, -0.2) is 56.3 Å². The van der Waals surface area contributed by atoms with Crippen LogP contribution in [0.2, 0.25) is 0 Å². The quantitative estimate of drug-likeness (QED) is 0.596. The van der Waals surface area contributed by atoms with Gasteiger partial charge in [0.05, 0.1) is 23.5 Å². The molecule has 2 aromatic rings. The number of rotatable bonds is 6.